The van der Waals surface area contributed by atoms with Gasteiger partial charge >= 0.3 is 0 Å². The Hall–Kier alpha value is -1.87. The molecule has 18 heavy (non-hydrogen) atoms. The Kier molecular flexibility index (Phi) is 4.31. The second-order valence-corrected chi connectivity index (χ2v) is 4.27. The van der Waals surface area contributed by atoms with Crippen molar-refractivity contribution >= 4 is 0 Å². The molecule has 0 saturated carbocycles. The molecule has 0 aliphatic rings. The van der Waals surface area contributed by atoms with Crippen LogP contribution < -0.4 is 5.32 Å². The summed E-state index contributed by atoms with van der Waals surface area (Å²) < 4.78 is 0. The van der Waals surface area contributed by atoms with Crippen molar-refractivity contribution in [2.75, 3.05) is 6.54 Å². The number of aromatic hydroxyl groups is 1. The Morgan fingerprint density at radius 1 is 1.22 bits per heavy atom. The monoisotopic (exact) mass is 242 g/mol. The molecule has 2 rings (SSSR count). The van der Waals surface area contributed by atoms with Crippen molar-refractivity contribution in [3.63, 3.8) is 0 Å². The number of nitrogens with one attached hydrogen (secondary N) is 1. The van der Waals surface area contributed by atoms with Gasteiger partial charge in [0.2, 0.25) is 0 Å². The molecular weight excluding hydrogens is 224 g/mol. The molecule has 2 N–H and O–H groups in total. The molecule has 0 saturated heterocycles. The standard InChI is InChI=1S/C15H18N2O/c1-2-17-15(13-4-3-9-16-11-13)10-12-5-7-14(18)8-6-12/h3-9,11,15,17-18H,2,10H2,1H3. The molecule has 0 aliphatic heterocycles. The predicted molar refractivity (Wildman–Crippen MR) is 72.5 cm³/mol. The molecule has 1 unspecified atom stereocenters. The van der Waals surface area contributed by atoms with E-state index >= 15 is 0 Å². The highest BCUT2D eigenvalue weighted by molar-refractivity contribution is 5.28. The number of phenolic OH excluding ortho intramolecular Hbond substituents is 1. The number of pyridine rings is 1. The van der Waals surface area contributed by atoms with Gasteiger partial charge in [-0.1, -0.05) is 25.1 Å². The molecule has 3 nitrogen and oxygen atoms in total. The summed E-state index contributed by atoms with van der Waals surface area (Å²) in [6, 6.07) is 11.7. The van der Waals surface area contributed by atoms with E-state index in [1.807, 2.05) is 24.4 Å². The molecule has 1 aromatic heterocycles. The maximum atomic E-state index is 9.29. The third-order valence-corrected chi connectivity index (χ3v) is 2.91. The quantitative estimate of drug-likeness (QED) is 0.847. The third-order valence-electron chi connectivity index (χ3n) is 2.91. The van der Waals surface area contributed by atoms with Gasteiger partial charge in [-0.2, -0.15) is 0 Å². The molecule has 1 heterocycles. The largest absolute Gasteiger partial charge is 0.508 e. The number of nitrogens with zero attached hydrogens (tertiary/aromatic N) is 1. The molecule has 0 radical (unpaired) electrons. The van der Waals surface area contributed by atoms with E-state index in [0.717, 1.165) is 13.0 Å². The Balaban J connectivity index is 2.14. The van der Waals surface area contributed by atoms with Crippen molar-refractivity contribution < 1.29 is 5.11 Å². The number of rotatable bonds is 5. The van der Waals surface area contributed by atoms with Crippen LogP contribution in [0.5, 0.6) is 5.75 Å². The van der Waals surface area contributed by atoms with E-state index in [-0.39, 0.29) is 6.04 Å². The van der Waals surface area contributed by atoms with Gasteiger partial charge in [0, 0.05) is 18.4 Å². The van der Waals surface area contributed by atoms with Crippen LogP contribution in [-0.2, 0) is 6.42 Å². The summed E-state index contributed by atoms with van der Waals surface area (Å²) in [5.41, 5.74) is 2.38. The SMILES string of the molecule is CCNC(Cc1ccc(O)cc1)c1cccnc1. The van der Waals surface area contributed by atoms with Crippen LogP contribution in [0, 0.1) is 0 Å². The average molecular weight is 242 g/mol. The van der Waals surface area contributed by atoms with E-state index in [4.69, 9.17) is 0 Å². The molecule has 3 heteroatoms. The summed E-state index contributed by atoms with van der Waals surface area (Å²) in [6.07, 6.45) is 4.57. The fourth-order valence-corrected chi connectivity index (χ4v) is 2.00. The van der Waals surface area contributed by atoms with Crippen LogP contribution in [0.4, 0.5) is 0 Å². The molecule has 0 bridgehead atoms. The van der Waals surface area contributed by atoms with Crippen LogP contribution in [0.2, 0.25) is 0 Å². The van der Waals surface area contributed by atoms with Gasteiger partial charge in [-0.3, -0.25) is 4.98 Å². The second kappa shape index (κ2) is 6.17. The lowest BCUT2D eigenvalue weighted by Crippen LogP contribution is -2.23. The van der Waals surface area contributed by atoms with E-state index in [1.165, 1.54) is 11.1 Å². The Bertz CT molecular complexity index is 468. The first kappa shape index (κ1) is 12.6. The van der Waals surface area contributed by atoms with Gasteiger partial charge in [-0.05, 0) is 42.3 Å². The molecule has 2 aromatic rings. The average Bonchev–Trinajstić information content (AvgIpc) is 2.42. The van der Waals surface area contributed by atoms with E-state index < -0.39 is 0 Å². The molecule has 1 aromatic carbocycles. The van der Waals surface area contributed by atoms with Crippen molar-refractivity contribution in [1.29, 1.82) is 0 Å². The third kappa shape index (κ3) is 3.31. The smallest absolute Gasteiger partial charge is 0.115 e. The van der Waals surface area contributed by atoms with Crippen LogP contribution in [0.25, 0.3) is 0 Å². The highest BCUT2D eigenvalue weighted by atomic mass is 16.3. The van der Waals surface area contributed by atoms with Crippen LogP contribution >= 0.6 is 0 Å². The Morgan fingerprint density at radius 3 is 2.61 bits per heavy atom. The minimum absolute atomic E-state index is 0.258. The van der Waals surface area contributed by atoms with Crippen molar-refractivity contribution in [2.24, 2.45) is 0 Å². The van der Waals surface area contributed by atoms with Gasteiger partial charge in [0.1, 0.15) is 5.75 Å². The Labute approximate surface area is 108 Å². The highest BCUT2D eigenvalue weighted by Gasteiger charge is 2.10. The van der Waals surface area contributed by atoms with Crippen molar-refractivity contribution in [3.8, 4) is 5.75 Å². The number of benzene rings is 1. The van der Waals surface area contributed by atoms with Crippen molar-refractivity contribution in [1.82, 2.24) is 10.3 Å². The zero-order valence-electron chi connectivity index (χ0n) is 10.5. The molecule has 0 aliphatic carbocycles. The molecule has 0 amide bonds. The number of phenols is 1. The summed E-state index contributed by atoms with van der Waals surface area (Å²) in [6.45, 7) is 3.01. The second-order valence-electron chi connectivity index (χ2n) is 4.27. The van der Waals surface area contributed by atoms with Crippen molar-refractivity contribution in [2.45, 2.75) is 19.4 Å². The normalized spacial score (nSPS) is 12.3. The summed E-state index contributed by atoms with van der Waals surface area (Å²) in [4.78, 5) is 4.16. The molecular formula is C15H18N2O. The number of aromatic nitrogens is 1. The first-order chi connectivity index (χ1) is 8.79. The van der Waals surface area contributed by atoms with E-state index in [0.29, 0.717) is 5.75 Å². The molecule has 94 valence electrons. The van der Waals surface area contributed by atoms with E-state index in [1.54, 1.807) is 18.3 Å². The van der Waals surface area contributed by atoms with Crippen LogP contribution in [0.3, 0.4) is 0 Å². The van der Waals surface area contributed by atoms with Crippen molar-refractivity contribution in [3.05, 3.63) is 59.9 Å². The Morgan fingerprint density at radius 2 is 2.00 bits per heavy atom. The molecule has 0 spiro atoms. The summed E-state index contributed by atoms with van der Waals surface area (Å²) >= 11 is 0. The number of likely N-dealkylation sites (N-methyl/N-ethyl adjacent to an activating group) is 1. The van der Waals surface area contributed by atoms with Crippen LogP contribution in [0.15, 0.2) is 48.8 Å². The zero-order chi connectivity index (χ0) is 12.8. The lowest BCUT2D eigenvalue weighted by molar-refractivity contribution is 0.474. The van der Waals surface area contributed by atoms with E-state index in [9.17, 15) is 5.11 Å². The number of hydrogen-bond donors (Lipinski definition) is 2. The lowest BCUT2D eigenvalue weighted by atomic mass is 10.00. The summed E-state index contributed by atoms with van der Waals surface area (Å²) in [5, 5.41) is 12.7. The first-order valence-electron chi connectivity index (χ1n) is 6.21. The first-order valence-corrected chi connectivity index (χ1v) is 6.21. The minimum Gasteiger partial charge on any atom is -0.508 e. The van der Waals surface area contributed by atoms with Gasteiger partial charge in [0.15, 0.2) is 0 Å². The van der Waals surface area contributed by atoms with Gasteiger partial charge in [-0.25, -0.2) is 0 Å². The van der Waals surface area contributed by atoms with Gasteiger partial charge in [-0.15, -0.1) is 0 Å². The fraction of sp³-hybridized carbons (Fsp3) is 0.267. The lowest BCUT2D eigenvalue weighted by Gasteiger charge is -2.18. The van der Waals surface area contributed by atoms with Gasteiger partial charge in [0.05, 0.1) is 0 Å². The maximum absolute atomic E-state index is 9.29. The predicted octanol–water partition coefficient (Wildman–Crippen LogP) is 2.68. The van der Waals surface area contributed by atoms with E-state index in [2.05, 4.69) is 23.3 Å². The topological polar surface area (TPSA) is 45.1 Å². The maximum Gasteiger partial charge on any atom is 0.115 e. The highest BCUT2D eigenvalue weighted by Crippen LogP contribution is 2.19. The van der Waals surface area contributed by atoms with Gasteiger partial charge < -0.3 is 10.4 Å². The fourth-order valence-electron chi connectivity index (χ4n) is 2.00. The summed E-state index contributed by atoms with van der Waals surface area (Å²) in [7, 11) is 0. The van der Waals surface area contributed by atoms with Crippen LogP contribution in [0.1, 0.15) is 24.1 Å². The minimum atomic E-state index is 0.258. The summed E-state index contributed by atoms with van der Waals surface area (Å²) in [5.74, 6) is 0.306. The zero-order valence-corrected chi connectivity index (χ0v) is 10.5. The number of hydrogen-bond acceptors (Lipinski definition) is 3. The van der Waals surface area contributed by atoms with Gasteiger partial charge in [0.25, 0.3) is 0 Å². The molecule has 0 fully saturated rings. The van der Waals surface area contributed by atoms with Crippen LogP contribution in [-0.4, -0.2) is 16.6 Å². The molecule has 1 atom stereocenters.